The summed E-state index contributed by atoms with van der Waals surface area (Å²) in [7, 11) is 0. The Bertz CT molecular complexity index is 286. The maximum Gasteiger partial charge on any atom is 0.407 e. The van der Waals surface area contributed by atoms with Crippen molar-refractivity contribution in [2.24, 2.45) is 5.92 Å². The molecule has 19 heavy (non-hydrogen) atoms. The summed E-state index contributed by atoms with van der Waals surface area (Å²) in [6.45, 7) is 10.6. The minimum atomic E-state index is -0.430. The van der Waals surface area contributed by atoms with Crippen LogP contribution in [0.5, 0.6) is 0 Å². The Balaban J connectivity index is 2.18. The first-order valence-corrected chi connectivity index (χ1v) is 7.53. The zero-order chi connectivity index (χ0) is 14.5. The molecule has 0 bridgehead atoms. The number of carbonyl (C=O) groups is 1. The second-order valence-electron chi connectivity index (χ2n) is 6.73. The lowest BCUT2D eigenvalue weighted by atomic mass is 10.1. The Morgan fingerprint density at radius 1 is 1.37 bits per heavy atom. The van der Waals surface area contributed by atoms with Gasteiger partial charge in [0, 0.05) is 18.6 Å². The highest BCUT2D eigenvalue weighted by Gasteiger charge is 2.24. The van der Waals surface area contributed by atoms with Gasteiger partial charge in [-0.15, -0.1) is 0 Å². The van der Waals surface area contributed by atoms with Crippen LogP contribution in [-0.4, -0.2) is 30.3 Å². The van der Waals surface area contributed by atoms with Crippen LogP contribution in [0.2, 0.25) is 0 Å². The molecule has 0 spiro atoms. The zero-order valence-corrected chi connectivity index (χ0v) is 13.1. The van der Waals surface area contributed by atoms with E-state index in [1.165, 1.54) is 25.7 Å². The molecule has 1 aliphatic rings. The third-order valence-corrected chi connectivity index (χ3v) is 3.59. The van der Waals surface area contributed by atoms with Crippen LogP contribution < -0.4 is 10.6 Å². The molecule has 0 saturated heterocycles. The molecule has 1 rings (SSSR count). The van der Waals surface area contributed by atoms with Gasteiger partial charge in [-0.2, -0.15) is 0 Å². The fourth-order valence-electron chi connectivity index (χ4n) is 2.61. The van der Waals surface area contributed by atoms with Crippen molar-refractivity contribution in [1.29, 1.82) is 0 Å². The molecule has 0 radical (unpaired) electrons. The van der Waals surface area contributed by atoms with E-state index in [2.05, 4.69) is 24.5 Å². The van der Waals surface area contributed by atoms with E-state index >= 15 is 0 Å². The zero-order valence-electron chi connectivity index (χ0n) is 13.1. The molecule has 1 fully saturated rings. The summed E-state index contributed by atoms with van der Waals surface area (Å²) >= 11 is 0. The highest BCUT2D eigenvalue weighted by Crippen LogP contribution is 2.27. The molecule has 0 heterocycles. The van der Waals surface area contributed by atoms with Crippen molar-refractivity contribution in [1.82, 2.24) is 10.6 Å². The number of carbonyl (C=O) groups excluding carboxylic acids is 1. The first-order chi connectivity index (χ1) is 8.80. The van der Waals surface area contributed by atoms with E-state index in [0.29, 0.717) is 12.6 Å². The first-order valence-electron chi connectivity index (χ1n) is 7.53. The second-order valence-corrected chi connectivity index (χ2v) is 6.73. The van der Waals surface area contributed by atoms with Gasteiger partial charge in [-0.25, -0.2) is 4.79 Å². The predicted octanol–water partition coefficient (Wildman–Crippen LogP) is 3.07. The smallest absolute Gasteiger partial charge is 0.407 e. The molecule has 3 atom stereocenters. The van der Waals surface area contributed by atoms with E-state index in [-0.39, 0.29) is 12.1 Å². The highest BCUT2D eigenvalue weighted by molar-refractivity contribution is 5.67. The monoisotopic (exact) mass is 270 g/mol. The fraction of sp³-hybridized carbons (Fsp3) is 0.933. The van der Waals surface area contributed by atoms with Crippen LogP contribution in [0.3, 0.4) is 0 Å². The van der Waals surface area contributed by atoms with Crippen LogP contribution in [0.1, 0.15) is 60.3 Å². The Hall–Kier alpha value is -0.770. The topological polar surface area (TPSA) is 50.4 Å². The lowest BCUT2D eigenvalue weighted by Gasteiger charge is -2.23. The maximum absolute atomic E-state index is 11.5. The van der Waals surface area contributed by atoms with Crippen molar-refractivity contribution >= 4 is 6.09 Å². The summed E-state index contributed by atoms with van der Waals surface area (Å²) in [4.78, 5) is 11.5. The van der Waals surface area contributed by atoms with Crippen LogP contribution >= 0.6 is 0 Å². The minimum absolute atomic E-state index is 0.285. The van der Waals surface area contributed by atoms with Gasteiger partial charge in [0.25, 0.3) is 0 Å². The standard InChI is InChI=1S/C15H30N2O2/c1-6-12-7-8-13(9-12)17-11(2)10-16-14(18)19-15(3,4)5/h11-13,17H,6-10H2,1-5H3,(H,16,18). The third-order valence-electron chi connectivity index (χ3n) is 3.59. The summed E-state index contributed by atoms with van der Waals surface area (Å²) in [5, 5.41) is 6.41. The van der Waals surface area contributed by atoms with Crippen LogP contribution in [0.15, 0.2) is 0 Å². The van der Waals surface area contributed by atoms with Crippen molar-refractivity contribution in [3.05, 3.63) is 0 Å². The van der Waals surface area contributed by atoms with E-state index in [4.69, 9.17) is 4.74 Å². The molecule has 1 saturated carbocycles. The number of nitrogens with one attached hydrogen (secondary N) is 2. The molecule has 0 aromatic heterocycles. The number of alkyl carbamates (subject to hydrolysis) is 1. The number of rotatable bonds is 5. The molecule has 4 nitrogen and oxygen atoms in total. The SMILES string of the molecule is CCC1CCC(NC(C)CNC(=O)OC(C)(C)C)C1. The van der Waals surface area contributed by atoms with Gasteiger partial charge in [-0.1, -0.05) is 13.3 Å². The first kappa shape index (κ1) is 16.3. The lowest BCUT2D eigenvalue weighted by Crippen LogP contribution is -2.44. The van der Waals surface area contributed by atoms with Crippen LogP contribution in [0.25, 0.3) is 0 Å². The maximum atomic E-state index is 11.5. The van der Waals surface area contributed by atoms with Crippen molar-refractivity contribution in [2.75, 3.05) is 6.54 Å². The van der Waals surface area contributed by atoms with Crippen molar-refractivity contribution in [3.63, 3.8) is 0 Å². The second kappa shape index (κ2) is 7.13. The van der Waals surface area contributed by atoms with Gasteiger partial charge in [0.2, 0.25) is 0 Å². The molecular formula is C15H30N2O2. The summed E-state index contributed by atoms with van der Waals surface area (Å²) in [6, 6.07) is 0.897. The molecule has 4 heteroatoms. The van der Waals surface area contributed by atoms with Crippen molar-refractivity contribution in [2.45, 2.75) is 78.0 Å². The molecule has 2 N–H and O–H groups in total. The third kappa shape index (κ3) is 6.81. The van der Waals surface area contributed by atoms with E-state index in [1.807, 2.05) is 20.8 Å². The van der Waals surface area contributed by atoms with E-state index in [0.717, 1.165) is 5.92 Å². The number of amides is 1. The minimum Gasteiger partial charge on any atom is -0.444 e. The van der Waals surface area contributed by atoms with E-state index in [9.17, 15) is 4.79 Å². The molecular weight excluding hydrogens is 240 g/mol. The highest BCUT2D eigenvalue weighted by atomic mass is 16.6. The van der Waals surface area contributed by atoms with Gasteiger partial charge in [0.1, 0.15) is 5.60 Å². The van der Waals surface area contributed by atoms with Gasteiger partial charge in [-0.3, -0.25) is 0 Å². The molecule has 0 aliphatic heterocycles. The summed E-state index contributed by atoms with van der Waals surface area (Å²) in [5.74, 6) is 0.878. The van der Waals surface area contributed by atoms with E-state index in [1.54, 1.807) is 0 Å². The molecule has 0 aromatic rings. The molecule has 1 amide bonds. The van der Waals surface area contributed by atoms with Gasteiger partial charge in [0.15, 0.2) is 0 Å². The Morgan fingerprint density at radius 2 is 2.05 bits per heavy atom. The Morgan fingerprint density at radius 3 is 2.58 bits per heavy atom. The van der Waals surface area contributed by atoms with Crippen LogP contribution in [0, 0.1) is 5.92 Å². The van der Waals surface area contributed by atoms with Crippen molar-refractivity contribution < 1.29 is 9.53 Å². The van der Waals surface area contributed by atoms with Crippen LogP contribution in [-0.2, 0) is 4.74 Å². The predicted molar refractivity (Wildman–Crippen MR) is 78.3 cm³/mol. The molecule has 0 aromatic carbocycles. The van der Waals surface area contributed by atoms with Gasteiger partial charge in [-0.05, 0) is 52.9 Å². The average molecular weight is 270 g/mol. The van der Waals surface area contributed by atoms with Gasteiger partial charge < -0.3 is 15.4 Å². The number of ether oxygens (including phenoxy) is 1. The van der Waals surface area contributed by atoms with Gasteiger partial charge in [0.05, 0.1) is 0 Å². The molecule has 112 valence electrons. The van der Waals surface area contributed by atoms with Crippen molar-refractivity contribution in [3.8, 4) is 0 Å². The Kier molecular flexibility index (Phi) is 6.11. The molecule has 1 aliphatic carbocycles. The normalized spacial score (nSPS) is 25.1. The summed E-state index contributed by atoms with van der Waals surface area (Å²) < 4.78 is 5.21. The van der Waals surface area contributed by atoms with Gasteiger partial charge >= 0.3 is 6.09 Å². The number of hydrogen-bond donors (Lipinski definition) is 2. The molecule has 3 unspecified atom stereocenters. The number of hydrogen-bond acceptors (Lipinski definition) is 3. The van der Waals surface area contributed by atoms with Crippen LogP contribution in [0.4, 0.5) is 4.79 Å². The fourth-order valence-corrected chi connectivity index (χ4v) is 2.61. The van der Waals surface area contributed by atoms with E-state index < -0.39 is 5.60 Å². The summed E-state index contributed by atoms with van der Waals surface area (Å²) in [6.07, 6.45) is 4.81. The average Bonchev–Trinajstić information content (AvgIpc) is 2.72. The largest absolute Gasteiger partial charge is 0.444 e. The Labute approximate surface area is 117 Å². The summed E-state index contributed by atoms with van der Waals surface area (Å²) in [5.41, 5.74) is -0.430. The lowest BCUT2D eigenvalue weighted by molar-refractivity contribution is 0.0522. The quantitative estimate of drug-likeness (QED) is 0.807.